The van der Waals surface area contributed by atoms with Crippen LogP contribution in [0, 0.1) is 53.3 Å². The molecule has 0 bridgehead atoms. The molecule has 4 aliphatic rings. The molecular formula is C52H67NO4. The quantitative estimate of drug-likeness (QED) is 0.109. The van der Waals surface area contributed by atoms with E-state index in [1.165, 1.54) is 43.2 Å². The van der Waals surface area contributed by atoms with Crippen molar-refractivity contribution in [3.05, 3.63) is 138 Å². The fraction of sp³-hybridized carbons (Fsp3) is 0.519. The zero-order valence-corrected chi connectivity index (χ0v) is 34.0. The van der Waals surface area contributed by atoms with Crippen molar-refractivity contribution in [3.8, 4) is 5.75 Å². The smallest absolute Gasteiger partial charge is 0.310 e. The number of aliphatic hydroxyl groups excluding tert-OH is 1. The average Bonchev–Trinajstić information content (AvgIpc) is 3.23. The molecule has 57 heavy (non-hydrogen) atoms. The summed E-state index contributed by atoms with van der Waals surface area (Å²) in [5, 5.41) is 32.3. The van der Waals surface area contributed by atoms with Crippen LogP contribution in [0.25, 0.3) is 0 Å². The predicted molar refractivity (Wildman–Crippen MR) is 232 cm³/mol. The van der Waals surface area contributed by atoms with Crippen molar-refractivity contribution in [2.75, 3.05) is 6.54 Å². The van der Waals surface area contributed by atoms with Gasteiger partial charge in [0.25, 0.3) is 0 Å². The van der Waals surface area contributed by atoms with Gasteiger partial charge < -0.3 is 21.1 Å². The SMILES string of the molecule is NC[C@H]1C=C[C@@H](C(=O)O)[C@@H]2[C@@H]1[C@@H](C[C@@H](CC=C[C@H](O)CC1CCCCC1)CCc1ccccc1)C=C[C@@H]2[C@]1(c2ccccc2)CCC[C@H](Cc2cccc(O)c2)C1. The second kappa shape index (κ2) is 19.7. The molecule has 2 saturated carbocycles. The summed E-state index contributed by atoms with van der Waals surface area (Å²) < 4.78 is 0. The number of aryl methyl sites for hydroxylation is 1. The highest BCUT2D eigenvalue weighted by molar-refractivity contribution is 5.73. The maximum Gasteiger partial charge on any atom is 0.310 e. The van der Waals surface area contributed by atoms with E-state index in [1.54, 1.807) is 6.07 Å². The van der Waals surface area contributed by atoms with Crippen LogP contribution in [0.3, 0.4) is 0 Å². The van der Waals surface area contributed by atoms with Gasteiger partial charge in [0, 0.05) is 5.41 Å². The summed E-state index contributed by atoms with van der Waals surface area (Å²) in [6, 6.07) is 29.4. The van der Waals surface area contributed by atoms with Crippen molar-refractivity contribution in [1.82, 2.24) is 0 Å². The first kappa shape index (κ1) is 41.2. The summed E-state index contributed by atoms with van der Waals surface area (Å²) in [7, 11) is 0. The molecule has 0 spiro atoms. The fourth-order valence-corrected chi connectivity index (χ4v) is 12.0. The number of aromatic hydroxyl groups is 1. The minimum atomic E-state index is -0.735. The van der Waals surface area contributed by atoms with Crippen molar-refractivity contribution in [2.45, 2.75) is 108 Å². The molecule has 0 radical (unpaired) electrons. The number of phenolic OH excluding ortho intramolecular Hbond substituents is 1. The number of benzene rings is 3. The number of phenols is 1. The van der Waals surface area contributed by atoms with Crippen LogP contribution in [0.5, 0.6) is 5.75 Å². The number of hydrogen-bond acceptors (Lipinski definition) is 4. The molecule has 2 fully saturated rings. The van der Waals surface area contributed by atoms with Crippen molar-refractivity contribution in [1.29, 1.82) is 0 Å². The zero-order chi connectivity index (χ0) is 39.6. The van der Waals surface area contributed by atoms with Crippen molar-refractivity contribution in [2.24, 2.45) is 59.0 Å². The first-order valence-electron chi connectivity index (χ1n) is 22.3. The summed E-state index contributed by atoms with van der Waals surface area (Å²) in [6.45, 7) is 0.501. The van der Waals surface area contributed by atoms with Crippen LogP contribution in [0.4, 0.5) is 0 Å². The molecule has 7 rings (SSSR count). The largest absolute Gasteiger partial charge is 0.508 e. The molecule has 0 aliphatic heterocycles. The Balaban J connectivity index is 1.20. The number of fused-ring (bicyclic) bond motifs is 1. The summed E-state index contributed by atoms with van der Waals surface area (Å²) >= 11 is 0. The standard InChI is InChI=1S/C52H67NO4/c53-36-43-26-28-47(51(56)57)50-48(52(44-20-8-3-9-21-44)30-12-19-41(35-52)31-40-18-11-23-46(55)34-40)29-27-42(49(43)50)32-39(25-24-37-13-4-1-5-14-37)17-10-22-45(54)33-38-15-6-2-7-16-38/h1,3-5,8-11,13-14,18,20-23,26-29,34,38-39,41-43,45,47-50,54-55H,2,6-7,12,15-17,19,24-25,30-33,35-36,53H2,(H,56,57)/t39-,41+,42+,43+,45-,47+,48-,49+,50-,52+/m0/s1. The average molecular weight is 770 g/mol. The molecule has 304 valence electrons. The maximum absolute atomic E-state index is 13.4. The lowest BCUT2D eigenvalue weighted by Crippen LogP contribution is -2.53. The Bertz CT molecular complexity index is 1800. The third kappa shape index (κ3) is 10.2. The van der Waals surface area contributed by atoms with Crippen LogP contribution in [0.2, 0.25) is 0 Å². The summed E-state index contributed by atoms with van der Waals surface area (Å²) in [6.07, 6.45) is 29.2. The molecule has 0 aromatic heterocycles. The van der Waals surface area contributed by atoms with E-state index in [0.29, 0.717) is 30.0 Å². The monoisotopic (exact) mass is 770 g/mol. The molecule has 5 heteroatoms. The van der Waals surface area contributed by atoms with Gasteiger partial charge in [0.2, 0.25) is 0 Å². The van der Waals surface area contributed by atoms with E-state index in [0.717, 1.165) is 69.8 Å². The predicted octanol–water partition coefficient (Wildman–Crippen LogP) is 10.9. The molecule has 5 nitrogen and oxygen atoms in total. The number of rotatable bonds is 16. The molecule has 3 aromatic rings. The Morgan fingerprint density at radius 1 is 0.789 bits per heavy atom. The van der Waals surface area contributed by atoms with Gasteiger partial charge in [-0.25, -0.2) is 0 Å². The fourth-order valence-electron chi connectivity index (χ4n) is 12.0. The summed E-state index contributed by atoms with van der Waals surface area (Å²) in [5.41, 5.74) is 10.3. The molecule has 10 atom stereocenters. The normalized spacial score (nSPS) is 30.2. The molecule has 0 heterocycles. The van der Waals surface area contributed by atoms with Gasteiger partial charge in [-0.2, -0.15) is 0 Å². The maximum atomic E-state index is 13.4. The van der Waals surface area contributed by atoms with Gasteiger partial charge in [0.05, 0.1) is 12.0 Å². The van der Waals surface area contributed by atoms with Crippen LogP contribution in [0.1, 0.15) is 100 Å². The van der Waals surface area contributed by atoms with E-state index < -0.39 is 18.0 Å². The number of carbonyl (C=O) groups is 1. The number of hydrogen-bond donors (Lipinski definition) is 4. The second-order valence-corrected chi connectivity index (χ2v) is 18.3. The van der Waals surface area contributed by atoms with E-state index >= 15 is 0 Å². The van der Waals surface area contributed by atoms with Crippen LogP contribution >= 0.6 is 0 Å². The Morgan fingerprint density at radius 3 is 2.25 bits per heavy atom. The van der Waals surface area contributed by atoms with Gasteiger partial charge >= 0.3 is 5.97 Å². The van der Waals surface area contributed by atoms with E-state index in [1.807, 2.05) is 18.2 Å². The third-order valence-electron chi connectivity index (χ3n) is 14.7. The van der Waals surface area contributed by atoms with Gasteiger partial charge in [-0.15, -0.1) is 0 Å². The highest BCUT2D eigenvalue weighted by Crippen LogP contribution is 2.58. The Labute approximate surface area is 342 Å². The van der Waals surface area contributed by atoms with Crippen LogP contribution in [-0.4, -0.2) is 33.9 Å². The highest BCUT2D eigenvalue weighted by Gasteiger charge is 2.55. The first-order chi connectivity index (χ1) is 27.8. The number of carboxylic acid groups (broad SMARTS) is 1. The molecule has 4 aliphatic carbocycles. The lowest BCUT2D eigenvalue weighted by atomic mass is 9.48. The molecule has 0 amide bonds. The van der Waals surface area contributed by atoms with E-state index in [9.17, 15) is 20.1 Å². The molecule has 5 N–H and O–H groups in total. The summed E-state index contributed by atoms with van der Waals surface area (Å²) in [5.74, 6) is 0.796. The van der Waals surface area contributed by atoms with Gasteiger partial charge in [-0.05, 0) is 134 Å². The second-order valence-electron chi connectivity index (χ2n) is 18.3. The number of carboxylic acids is 1. The van der Waals surface area contributed by atoms with Crippen molar-refractivity contribution >= 4 is 5.97 Å². The highest BCUT2D eigenvalue weighted by atomic mass is 16.4. The molecule has 3 aromatic carbocycles. The Morgan fingerprint density at radius 2 is 1.51 bits per heavy atom. The van der Waals surface area contributed by atoms with Gasteiger partial charge in [0.1, 0.15) is 5.75 Å². The Kier molecular flexibility index (Phi) is 14.2. The topological polar surface area (TPSA) is 104 Å². The zero-order valence-electron chi connectivity index (χ0n) is 34.0. The number of nitrogens with two attached hydrogens (primary N) is 1. The number of aliphatic hydroxyl groups is 1. The van der Waals surface area contributed by atoms with E-state index in [-0.39, 0.29) is 35.0 Å². The number of allylic oxidation sites excluding steroid dienone is 3. The van der Waals surface area contributed by atoms with Crippen LogP contribution in [-0.2, 0) is 23.1 Å². The Hall–Kier alpha value is -3.93. The number of aliphatic carboxylic acids is 1. The first-order valence-corrected chi connectivity index (χ1v) is 22.3. The van der Waals surface area contributed by atoms with Crippen molar-refractivity contribution < 1.29 is 20.1 Å². The van der Waals surface area contributed by atoms with Crippen LogP contribution in [0.15, 0.2) is 121 Å². The molecule has 0 unspecified atom stereocenters. The minimum absolute atomic E-state index is 0.0471. The van der Waals surface area contributed by atoms with E-state index in [4.69, 9.17) is 5.73 Å². The van der Waals surface area contributed by atoms with Gasteiger partial charge in [-0.1, -0.05) is 154 Å². The lowest BCUT2D eigenvalue weighted by molar-refractivity contribution is -0.145. The van der Waals surface area contributed by atoms with Crippen LogP contribution < -0.4 is 5.73 Å². The summed E-state index contributed by atoms with van der Waals surface area (Å²) in [4.78, 5) is 13.4. The van der Waals surface area contributed by atoms with Crippen molar-refractivity contribution in [3.63, 3.8) is 0 Å². The molecule has 0 saturated heterocycles. The molecular weight excluding hydrogens is 703 g/mol. The third-order valence-corrected chi connectivity index (χ3v) is 14.7. The van der Waals surface area contributed by atoms with Gasteiger partial charge in [-0.3, -0.25) is 4.79 Å². The lowest BCUT2D eigenvalue weighted by Gasteiger charge is -2.56. The van der Waals surface area contributed by atoms with Gasteiger partial charge in [0.15, 0.2) is 0 Å². The minimum Gasteiger partial charge on any atom is -0.508 e. The van der Waals surface area contributed by atoms with E-state index in [2.05, 4.69) is 97.1 Å².